The second-order valence-corrected chi connectivity index (χ2v) is 7.05. The Morgan fingerprint density at radius 3 is 2.63 bits per heavy atom. The van der Waals surface area contributed by atoms with Gasteiger partial charge in [0.25, 0.3) is 5.56 Å². The molecule has 6 heteroatoms. The number of quaternary nitrogens is 1. The average Bonchev–Trinajstić information content (AvgIpc) is 2.67. The first-order valence-electron chi connectivity index (χ1n) is 9.14. The number of benzene rings is 1. The van der Waals surface area contributed by atoms with Crippen LogP contribution in [0.5, 0.6) is 11.5 Å². The number of methoxy groups -OCH3 is 2. The van der Waals surface area contributed by atoms with E-state index >= 15 is 0 Å². The summed E-state index contributed by atoms with van der Waals surface area (Å²) >= 11 is 0. The van der Waals surface area contributed by atoms with Crippen molar-refractivity contribution in [3.63, 3.8) is 0 Å². The summed E-state index contributed by atoms with van der Waals surface area (Å²) in [7, 11) is 3.32. The first-order valence-corrected chi connectivity index (χ1v) is 9.14. The molecule has 4 rings (SSSR count). The summed E-state index contributed by atoms with van der Waals surface area (Å²) < 4.78 is 12.5. The van der Waals surface area contributed by atoms with Crippen LogP contribution in [0.15, 0.2) is 41.3 Å². The van der Waals surface area contributed by atoms with Crippen LogP contribution in [0.4, 0.5) is 0 Å². The van der Waals surface area contributed by atoms with E-state index in [1.165, 1.54) is 16.0 Å². The zero-order valence-electron chi connectivity index (χ0n) is 15.9. The van der Waals surface area contributed by atoms with Crippen molar-refractivity contribution in [2.24, 2.45) is 0 Å². The van der Waals surface area contributed by atoms with E-state index < -0.39 is 0 Å². The Morgan fingerprint density at radius 1 is 1.15 bits per heavy atom. The molecular formula is C21H24N3O3+. The van der Waals surface area contributed by atoms with Crippen LogP contribution in [0, 0.1) is 6.92 Å². The standard InChI is InChI=1S/C21H23N3O3/c1-14-5-4-7-24-20(25)11-17(22-21(14)24)13-23-8-6-15-9-18(26-2)19(27-3)10-16(15)12-23/h4-5,7,9-11H,6,8,12-13H2,1-3H3/p+1. The number of nitrogens with zero attached hydrogens (tertiary/aromatic N) is 2. The van der Waals surface area contributed by atoms with Gasteiger partial charge in [0, 0.05) is 24.2 Å². The number of ether oxygens (including phenoxy) is 2. The van der Waals surface area contributed by atoms with Crippen molar-refractivity contribution in [3.8, 4) is 11.5 Å². The molecule has 27 heavy (non-hydrogen) atoms. The van der Waals surface area contributed by atoms with E-state index in [9.17, 15) is 4.79 Å². The molecule has 1 aliphatic heterocycles. The number of aromatic nitrogens is 2. The lowest BCUT2D eigenvalue weighted by Crippen LogP contribution is -3.10. The highest BCUT2D eigenvalue weighted by molar-refractivity contribution is 5.48. The average molecular weight is 366 g/mol. The van der Waals surface area contributed by atoms with Crippen molar-refractivity contribution in [1.29, 1.82) is 0 Å². The van der Waals surface area contributed by atoms with Gasteiger partial charge in [-0.3, -0.25) is 9.20 Å². The zero-order valence-corrected chi connectivity index (χ0v) is 15.9. The molecular weight excluding hydrogens is 342 g/mol. The van der Waals surface area contributed by atoms with E-state index in [2.05, 4.69) is 12.1 Å². The van der Waals surface area contributed by atoms with E-state index in [1.54, 1.807) is 30.9 Å². The normalized spacial score (nSPS) is 16.2. The van der Waals surface area contributed by atoms with Crippen molar-refractivity contribution in [3.05, 3.63) is 69.3 Å². The molecule has 1 atom stereocenters. The van der Waals surface area contributed by atoms with Crippen LogP contribution < -0.4 is 19.9 Å². The zero-order chi connectivity index (χ0) is 19.0. The van der Waals surface area contributed by atoms with Gasteiger partial charge >= 0.3 is 0 Å². The fraction of sp³-hybridized carbons (Fsp3) is 0.333. The van der Waals surface area contributed by atoms with Crippen molar-refractivity contribution in [2.75, 3.05) is 20.8 Å². The number of aryl methyl sites for hydroxylation is 1. The summed E-state index contributed by atoms with van der Waals surface area (Å²) in [4.78, 5) is 18.6. The van der Waals surface area contributed by atoms with Crippen LogP contribution >= 0.6 is 0 Å². The molecule has 140 valence electrons. The lowest BCUT2D eigenvalue weighted by atomic mass is 9.98. The SMILES string of the molecule is COc1cc2c(cc1OC)C[NH+](Cc1cc(=O)n3cccc(C)c3n1)CC2. The van der Waals surface area contributed by atoms with Gasteiger partial charge in [-0.15, -0.1) is 0 Å². The fourth-order valence-electron chi connectivity index (χ4n) is 3.84. The summed E-state index contributed by atoms with van der Waals surface area (Å²) in [6, 6.07) is 9.66. The third-order valence-corrected chi connectivity index (χ3v) is 5.26. The third kappa shape index (κ3) is 3.28. The molecule has 0 saturated heterocycles. The minimum atomic E-state index is -0.0260. The van der Waals surface area contributed by atoms with Crippen LogP contribution in [0.3, 0.4) is 0 Å². The van der Waals surface area contributed by atoms with Crippen LogP contribution in [-0.4, -0.2) is 30.1 Å². The Morgan fingerprint density at radius 2 is 1.89 bits per heavy atom. The molecule has 0 fully saturated rings. The number of hydrogen-bond acceptors (Lipinski definition) is 4. The number of rotatable bonds is 4. The lowest BCUT2D eigenvalue weighted by Gasteiger charge is -2.26. The molecule has 1 aromatic carbocycles. The Balaban J connectivity index is 1.61. The molecule has 1 N–H and O–H groups in total. The highest BCUT2D eigenvalue weighted by atomic mass is 16.5. The van der Waals surface area contributed by atoms with Crippen molar-refractivity contribution < 1.29 is 14.4 Å². The van der Waals surface area contributed by atoms with Gasteiger partial charge in [0.05, 0.1) is 20.8 Å². The van der Waals surface area contributed by atoms with Gasteiger partial charge in [0.15, 0.2) is 11.5 Å². The molecule has 1 aliphatic rings. The van der Waals surface area contributed by atoms with Crippen LogP contribution in [0.2, 0.25) is 0 Å². The summed E-state index contributed by atoms with van der Waals surface area (Å²) in [5, 5.41) is 0. The minimum absolute atomic E-state index is 0.0260. The highest BCUT2D eigenvalue weighted by Gasteiger charge is 2.23. The molecule has 0 amide bonds. The van der Waals surface area contributed by atoms with E-state index in [-0.39, 0.29) is 5.56 Å². The van der Waals surface area contributed by atoms with Gasteiger partial charge in [-0.2, -0.15) is 0 Å². The summed E-state index contributed by atoms with van der Waals surface area (Å²) in [6.45, 7) is 4.59. The van der Waals surface area contributed by atoms with Crippen LogP contribution in [0.1, 0.15) is 22.4 Å². The molecule has 0 aliphatic carbocycles. The maximum Gasteiger partial charge on any atom is 0.258 e. The molecule has 0 saturated carbocycles. The number of fused-ring (bicyclic) bond motifs is 2. The van der Waals surface area contributed by atoms with Gasteiger partial charge in [-0.05, 0) is 36.2 Å². The van der Waals surface area contributed by atoms with Gasteiger partial charge in [-0.1, -0.05) is 6.07 Å². The smallest absolute Gasteiger partial charge is 0.258 e. The monoisotopic (exact) mass is 366 g/mol. The van der Waals surface area contributed by atoms with Gasteiger partial charge in [-0.25, -0.2) is 4.98 Å². The fourth-order valence-corrected chi connectivity index (χ4v) is 3.84. The van der Waals surface area contributed by atoms with Crippen molar-refractivity contribution >= 4 is 5.65 Å². The summed E-state index contributed by atoms with van der Waals surface area (Å²) in [5.74, 6) is 1.54. The van der Waals surface area contributed by atoms with E-state index in [0.29, 0.717) is 0 Å². The Bertz CT molecular complexity index is 1060. The van der Waals surface area contributed by atoms with Crippen LogP contribution in [0.25, 0.3) is 5.65 Å². The number of nitrogens with one attached hydrogen (secondary N) is 1. The predicted molar refractivity (Wildman–Crippen MR) is 103 cm³/mol. The quantitative estimate of drug-likeness (QED) is 0.753. The largest absolute Gasteiger partial charge is 0.493 e. The number of pyridine rings is 1. The second-order valence-electron chi connectivity index (χ2n) is 7.05. The first-order chi connectivity index (χ1) is 13.1. The Labute approximate surface area is 158 Å². The Hall–Kier alpha value is -2.86. The minimum Gasteiger partial charge on any atom is -0.493 e. The first kappa shape index (κ1) is 17.5. The summed E-state index contributed by atoms with van der Waals surface area (Å²) in [5.41, 5.74) is 5.13. The number of hydrogen-bond donors (Lipinski definition) is 1. The molecule has 0 radical (unpaired) electrons. The second kappa shape index (κ2) is 7.04. The maximum absolute atomic E-state index is 12.4. The highest BCUT2D eigenvalue weighted by Crippen LogP contribution is 2.31. The van der Waals surface area contributed by atoms with Gasteiger partial charge in [0.2, 0.25) is 0 Å². The predicted octanol–water partition coefficient (Wildman–Crippen LogP) is 1.16. The molecule has 3 heterocycles. The van der Waals surface area contributed by atoms with Gasteiger partial charge in [0.1, 0.15) is 24.4 Å². The maximum atomic E-state index is 12.4. The van der Waals surface area contributed by atoms with Crippen molar-refractivity contribution in [2.45, 2.75) is 26.4 Å². The molecule has 2 aromatic heterocycles. The van der Waals surface area contributed by atoms with Gasteiger partial charge < -0.3 is 14.4 Å². The topological polar surface area (TPSA) is 57.3 Å². The summed E-state index contributed by atoms with van der Waals surface area (Å²) in [6.07, 6.45) is 2.74. The van der Waals surface area contributed by atoms with E-state index in [1.807, 2.05) is 19.1 Å². The van der Waals surface area contributed by atoms with Crippen LogP contribution in [-0.2, 0) is 19.5 Å². The van der Waals surface area contributed by atoms with Crippen molar-refractivity contribution in [1.82, 2.24) is 9.38 Å². The molecule has 0 bridgehead atoms. The van der Waals surface area contributed by atoms with E-state index in [4.69, 9.17) is 14.5 Å². The van der Waals surface area contributed by atoms with E-state index in [0.717, 1.165) is 54.5 Å². The molecule has 0 spiro atoms. The lowest BCUT2D eigenvalue weighted by molar-refractivity contribution is -0.929. The molecule has 3 aromatic rings. The molecule has 1 unspecified atom stereocenters. The third-order valence-electron chi connectivity index (χ3n) is 5.26. The molecule has 6 nitrogen and oxygen atoms in total. The Kier molecular flexibility index (Phi) is 4.58.